The van der Waals surface area contributed by atoms with Gasteiger partial charge in [0.25, 0.3) is 0 Å². The van der Waals surface area contributed by atoms with Crippen molar-refractivity contribution in [3.8, 4) is 0 Å². The summed E-state index contributed by atoms with van der Waals surface area (Å²) in [5.74, 6) is -0.118. The Morgan fingerprint density at radius 2 is 0.344 bits per heavy atom. The van der Waals surface area contributed by atoms with E-state index in [4.69, 9.17) is 0 Å². The highest BCUT2D eigenvalue weighted by Crippen LogP contribution is 2.43. The molecule has 13 rings (SSSR count). The molecule has 13 aromatic rings. The van der Waals surface area contributed by atoms with Gasteiger partial charge in [-0.05, 0) is 176 Å². The summed E-state index contributed by atoms with van der Waals surface area (Å²) in [7, 11) is 0. The van der Waals surface area contributed by atoms with E-state index in [0.29, 0.717) is 0 Å². The molecule has 0 unspecified atom stereocenters. The van der Waals surface area contributed by atoms with Gasteiger partial charge in [0.05, 0.1) is 0 Å². The van der Waals surface area contributed by atoms with Crippen molar-refractivity contribution in [3.63, 3.8) is 0 Å². The summed E-state index contributed by atoms with van der Waals surface area (Å²) in [4.78, 5) is 10.1. The molecule has 4 nitrogen and oxygen atoms in total. The van der Waals surface area contributed by atoms with Crippen molar-refractivity contribution in [2.75, 3.05) is 19.6 Å². The maximum Gasteiger partial charge on any atom is 0.0433 e. The molecule has 13 aromatic carbocycles. The lowest BCUT2D eigenvalue weighted by Gasteiger charge is -2.30. The van der Waals surface area contributed by atoms with Crippen LogP contribution in [-0.4, -0.2) is 0 Å². The highest BCUT2D eigenvalue weighted by atomic mass is 15.1. The molecular formula is C92H86N4. The van der Waals surface area contributed by atoms with Gasteiger partial charge in [0.2, 0.25) is 0 Å². The molecule has 0 N–H and O–H groups in total. The number of rotatable bonds is 26. The van der Waals surface area contributed by atoms with Gasteiger partial charge in [-0.3, -0.25) is 0 Å². The van der Waals surface area contributed by atoms with Gasteiger partial charge >= 0.3 is 0 Å². The molecule has 0 bridgehead atoms. The number of aryl methyl sites for hydroxylation is 4. The predicted octanol–water partition coefficient (Wildman–Crippen LogP) is 22.1. The number of benzene rings is 13. The van der Waals surface area contributed by atoms with Crippen LogP contribution >= 0.6 is 0 Å². The van der Waals surface area contributed by atoms with Crippen LogP contribution in [0.25, 0.3) is 0 Å². The molecule has 4 heteroatoms. The van der Waals surface area contributed by atoms with E-state index in [2.05, 4.69) is 387 Å². The van der Waals surface area contributed by atoms with Crippen molar-refractivity contribution in [3.05, 3.63) is 440 Å². The highest BCUT2D eigenvalue weighted by Gasteiger charge is 2.27. The van der Waals surface area contributed by atoms with Gasteiger partial charge in [0.15, 0.2) is 0 Å². The van der Waals surface area contributed by atoms with Crippen molar-refractivity contribution in [1.29, 1.82) is 0 Å². The Kier molecular flexibility index (Phi) is 20.5. The topological polar surface area (TPSA) is 13.0 Å². The third kappa shape index (κ3) is 16.0. The summed E-state index contributed by atoms with van der Waals surface area (Å²) >= 11 is 0. The maximum atomic E-state index is 2.52. The molecular weight excluding hydrogens is 1160 g/mol. The van der Waals surface area contributed by atoms with Gasteiger partial charge in [-0.15, -0.1) is 0 Å². The Labute approximate surface area is 570 Å². The maximum absolute atomic E-state index is 2.52. The van der Waals surface area contributed by atoms with Crippen LogP contribution in [0.4, 0.5) is 22.7 Å². The van der Waals surface area contributed by atoms with Crippen LogP contribution in [0.3, 0.4) is 0 Å². The van der Waals surface area contributed by atoms with Crippen LogP contribution in [0.1, 0.15) is 112 Å². The highest BCUT2D eigenvalue weighted by molar-refractivity contribution is 5.63. The molecule has 0 atom stereocenters. The summed E-state index contributed by atoms with van der Waals surface area (Å²) in [6, 6.07) is 126. The Balaban J connectivity index is 0.921. The first-order chi connectivity index (χ1) is 47.2. The molecule has 0 saturated heterocycles. The number of hydrogen-bond donors (Lipinski definition) is 0. The second-order valence-corrected chi connectivity index (χ2v) is 26.0. The smallest absolute Gasteiger partial charge is 0.0433 e. The summed E-state index contributed by atoms with van der Waals surface area (Å²) in [5.41, 5.74) is 27.9. The normalized spacial score (nSPS) is 11.2. The quantitative estimate of drug-likeness (QED) is 0.0501. The number of hydrogen-bond acceptors (Lipinski definition) is 4. The van der Waals surface area contributed by atoms with E-state index in [9.17, 15) is 0 Å². The summed E-state index contributed by atoms with van der Waals surface area (Å²) < 4.78 is 0. The fourth-order valence-corrected chi connectivity index (χ4v) is 14.0. The molecule has 0 aliphatic heterocycles. The zero-order chi connectivity index (χ0) is 65.4. The lowest BCUT2D eigenvalue weighted by atomic mass is 9.78. The van der Waals surface area contributed by atoms with E-state index < -0.39 is 0 Å². The fourth-order valence-electron chi connectivity index (χ4n) is 14.0. The monoisotopic (exact) mass is 1250 g/mol. The molecule has 0 saturated carbocycles. The van der Waals surface area contributed by atoms with Gasteiger partial charge < -0.3 is 19.6 Å². The van der Waals surface area contributed by atoms with Crippen molar-refractivity contribution in [2.45, 2.75) is 91.9 Å². The van der Waals surface area contributed by atoms with E-state index >= 15 is 0 Å². The first-order valence-electron chi connectivity index (χ1n) is 34.0. The zero-order valence-electron chi connectivity index (χ0n) is 55.9. The average molecular weight is 1250 g/mol. The van der Waals surface area contributed by atoms with E-state index in [-0.39, 0.29) is 11.8 Å². The Morgan fingerprint density at radius 1 is 0.188 bits per heavy atom. The third-order valence-corrected chi connectivity index (χ3v) is 19.1. The Hall–Kier alpha value is -10.9. The van der Waals surface area contributed by atoms with Gasteiger partial charge in [-0.2, -0.15) is 0 Å². The molecule has 0 fully saturated rings. The van der Waals surface area contributed by atoms with Crippen molar-refractivity contribution < 1.29 is 0 Å². The van der Waals surface area contributed by atoms with Gasteiger partial charge in [0.1, 0.15) is 0 Å². The molecule has 0 amide bonds. The molecule has 0 spiro atoms. The van der Waals surface area contributed by atoms with Gasteiger partial charge in [-0.1, -0.05) is 291 Å². The van der Waals surface area contributed by atoms with Crippen molar-refractivity contribution >= 4 is 22.7 Å². The van der Waals surface area contributed by atoms with Crippen molar-refractivity contribution in [1.82, 2.24) is 0 Å². The number of anilines is 4. The van der Waals surface area contributed by atoms with E-state index in [1.807, 2.05) is 0 Å². The minimum Gasteiger partial charge on any atom is -0.363 e. The third-order valence-electron chi connectivity index (χ3n) is 19.1. The molecule has 0 radical (unpaired) electrons. The second-order valence-electron chi connectivity index (χ2n) is 26.0. The first kappa shape index (κ1) is 63.8. The van der Waals surface area contributed by atoms with Crippen LogP contribution in [0.5, 0.6) is 0 Å². The minimum absolute atomic E-state index is 0.0588. The SMILES string of the molecule is Cc1cc(N(Cc2ccccc2)Cc2ccccc2)ccc1C(c1ccc(C(c2ccc(N(Cc3ccccc3)Cc3ccccc3)cc2C)c2ccc(N(Cc3ccccc3)Cc3ccccc3)cc2C)cc1)c1ccc(N(Cc2ccccc2)Cc2ccccc2)cc1C. The largest absolute Gasteiger partial charge is 0.363 e. The summed E-state index contributed by atoms with van der Waals surface area (Å²) in [6.45, 7) is 15.7. The molecule has 474 valence electrons. The van der Waals surface area contributed by atoms with E-state index in [1.54, 1.807) is 0 Å². The summed E-state index contributed by atoms with van der Waals surface area (Å²) in [6.07, 6.45) is 0. The Bertz CT molecular complexity index is 3830. The lowest BCUT2D eigenvalue weighted by Crippen LogP contribution is -2.23. The lowest BCUT2D eigenvalue weighted by molar-refractivity contribution is 0.796. The zero-order valence-corrected chi connectivity index (χ0v) is 55.9. The molecule has 0 aliphatic carbocycles. The average Bonchev–Trinajstić information content (AvgIpc) is 0.780. The molecule has 0 aliphatic rings. The fraction of sp³-hybridized carbons (Fsp3) is 0.152. The van der Waals surface area contributed by atoms with E-state index in [0.717, 1.165) is 52.4 Å². The van der Waals surface area contributed by atoms with Crippen LogP contribution in [0.15, 0.2) is 340 Å². The van der Waals surface area contributed by atoms with Crippen molar-refractivity contribution in [2.24, 2.45) is 0 Å². The molecule has 96 heavy (non-hydrogen) atoms. The van der Waals surface area contributed by atoms with Gasteiger partial charge in [-0.25, -0.2) is 0 Å². The Morgan fingerprint density at radius 3 is 0.490 bits per heavy atom. The van der Waals surface area contributed by atoms with Gasteiger partial charge in [0, 0.05) is 86.9 Å². The minimum atomic E-state index is -0.0588. The second kappa shape index (κ2) is 30.9. The van der Waals surface area contributed by atoms with E-state index in [1.165, 1.54) is 123 Å². The van der Waals surface area contributed by atoms with Crippen LogP contribution in [0, 0.1) is 27.7 Å². The van der Waals surface area contributed by atoms with Crippen LogP contribution < -0.4 is 19.6 Å². The first-order valence-corrected chi connectivity index (χ1v) is 34.0. The molecule has 0 aromatic heterocycles. The predicted molar refractivity (Wildman–Crippen MR) is 404 cm³/mol. The number of nitrogens with zero attached hydrogens (tertiary/aromatic N) is 4. The molecule has 0 heterocycles. The standard InChI is InChI=1S/C92H86N4/c1-69-57-83(93(61-73-29-13-5-14-30-73)62-74-31-15-6-16-32-74)49-53-87(69)91(88-54-50-84(58-70(88)2)94(63-75-33-17-7-18-34-75)64-76-35-19-8-20-36-76)81-45-47-82(48-46-81)92(89-55-51-85(59-71(89)3)95(65-77-37-21-9-22-38-77)66-78-39-23-10-24-40-78)90-56-52-86(60-72(90)4)96(67-79-41-25-11-26-42-79)68-80-43-27-12-28-44-80/h5-60,91-92H,61-68H2,1-4H3. The van der Waals surface area contributed by atoms with Crippen LogP contribution in [-0.2, 0) is 52.4 Å². The summed E-state index contributed by atoms with van der Waals surface area (Å²) in [5, 5.41) is 0. The van der Waals surface area contributed by atoms with Crippen LogP contribution in [0.2, 0.25) is 0 Å².